The van der Waals surface area contributed by atoms with Gasteiger partial charge >= 0.3 is 6.01 Å². The third-order valence-corrected chi connectivity index (χ3v) is 6.45. The highest BCUT2D eigenvalue weighted by molar-refractivity contribution is 7.92. The van der Waals surface area contributed by atoms with Gasteiger partial charge in [-0.15, -0.1) is 5.10 Å². The summed E-state index contributed by atoms with van der Waals surface area (Å²) in [5.41, 5.74) is 2.98. The molecule has 0 saturated heterocycles. The van der Waals surface area contributed by atoms with Crippen molar-refractivity contribution in [1.82, 2.24) is 14.8 Å². The van der Waals surface area contributed by atoms with Crippen molar-refractivity contribution < 1.29 is 22.3 Å². The summed E-state index contributed by atoms with van der Waals surface area (Å²) in [6.07, 6.45) is 0. The molecule has 10 heteroatoms. The molecular weight excluding hydrogens is 471 g/mol. The molecule has 35 heavy (non-hydrogen) atoms. The number of anilines is 1. The lowest BCUT2D eigenvalue weighted by Gasteiger charge is -2.10. The van der Waals surface area contributed by atoms with Crippen LogP contribution in [0, 0.1) is 12.7 Å². The van der Waals surface area contributed by atoms with Gasteiger partial charge in [-0.25, -0.2) is 17.5 Å². The van der Waals surface area contributed by atoms with Gasteiger partial charge in [-0.3, -0.25) is 4.72 Å². The summed E-state index contributed by atoms with van der Waals surface area (Å²) in [5, 5.41) is 4.49. The molecule has 1 aromatic heterocycles. The second-order valence-corrected chi connectivity index (χ2v) is 9.33. The highest BCUT2D eigenvalue weighted by atomic mass is 32.2. The van der Waals surface area contributed by atoms with Crippen LogP contribution in [-0.4, -0.2) is 43.0 Å². The quantitative estimate of drug-likeness (QED) is 0.323. The first-order valence-corrected chi connectivity index (χ1v) is 12.5. The lowest BCUT2D eigenvalue weighted by atomic mass is 10.1. The lowest BCUT2D eigenvalue weighted by Crippen LogP contribution is -2.13. The van der Waals surface area contributed by atoms with E-state index in [-0.39, 0.29) is 10.9 Å². The van der Waals surface area contributed by atoms with Gasteiger partial charge in [0.05, 0.1) is 17.2 Å². The molecule has 3 aromatic carbocycles. The normalized spacial score (nSPS) is 11.4. The summed E-state index contributed by atoms with van der Waals surface area (Å²) in [6.45, 7) is 5.24. The van der Waals surface area contributed by atoms with E-state index in [1.165, 1.54) is 12.1 Å². The van der Waals surface area contributed by atoms with Crippen LogP contribution >= 0.6 is 0 Å². The summed E-state index contributed by atoms with van der Waals surface area (Å²) >= 11 is 0. The first-order valence-electron chi connectivity index (χ1n) is 11.0. The van der Waals surface area contributed by atoms with Gasteiger partial charge in [0, 0.05) is 17.9 Å². The molecule has 0 unspecified atom stereocenters. The lowest BCUT2D eigenvalue weighted by molar-refractivity contribution is 0.106. The summed E-state index contributed by atoms with van der Waals surface area (Å²) < 4.78 is 53.4. The van der Waals surface area contributed by atoms with E-state index in [0.717, 1.165) is 23.3 Å². The van der Waals surface area contributed by atoms with Crippen molar-refractivity contribution in [3.8, 4) is 23.1 Å². The molecule has 0 aliphatic carbocycles. The van der Waals surface area contributed by atoms with Crippen molar-refractivity contribution >= 4 is 15.7 Å². The molecule has 0 spiro atoms. The zero-order valence-electron chi connectivity index (χ0n) is 19.3. The predicted molar refractivity (Wildman–Crippen MR) is 131 cm³/mol. The first-order chi connectivity index (χ1) is 16.9. The van der Waals surface area contributed by atoms with E-state index < -0.39 is 15.8 Å². The van der Waals surface area contributed by atoms with Gasteiger partial charge < -0.3 is 9.47 Å². The Morgan fingerprint density at radius 2 is 1.63 bits per heavy atom. The number of rotatable bonds is 10. The van der Waals surface area contributed by atoms with Gasteiger partial charge in [0.2, 0.25) is 0 Å². The van der Waals surface area contributed by atoms with Gasteiger partial charge in [0.1, 0.15) is 12.4 Å². The van der Waals surface area contributed by atoms with Crippen molar-refractivity contribution in [3.63, 3.8) is 0 Å². The van der Waals surface area contributed by atoms with Crippen LogP contribution in [0.3, 0.4) is 0 Å². The van der Waals surface area contributed by atoms with Crippen LogP contribution in [0.25, 0.3) is 17.1 Å². The number of benzene rings is 3. The van der Waals surface area contributed by atoms with Gasteiger partial charge in [0.25, 0.3) is 10.0 Å². The van der Waals surface area contributed by atoms with Gasteiger partial charge in [-0.05, 0) is 62.4 Å². The molecule has 0 radical (unpaired) electrons. The van der Waals surface area contributed by atoms with Crippen LogP contribution in [0.2, 0.25) is 0 Å². The van der Waals surface area contributed by atoms with Crippen molar-refractivity contribution in [2.45, 2.75) is 18.7 Å². The topological polar surface area (TPSA) is 95.3 Å². The smallest absolute Gasteiger partial charge is 0.336 e. The molecule has 1 N–H and O–H groups in total. The minimum atomic E-state index is -3.86. The number of halogens is 1. The van der Waals surface area contributed by atoms with Crippen LogP contribution in [0.4, 0.5) is 10.1 Å². The Labute approximate surface area is 203 Å². The monoisotopic (exact) mass is 496 g/mol. The Hall–Kier alpha value is -3.76. The number of nitrogens with one attached hydrogen (secondary N) is 1. The molecule has 4 rings (SSSR count). The average Bonchev–Trinajstić information content (AvgIpc) is 3.27. The van der Waals surface area contributed by atoms with Gasteiger partial charge in [-0.1, -0.05) is 29.8 Å². The van der Waals surface area contributed by atoms with E-state index in [0.29, 0.717) is 37.0 Å². The maximum atomic E-state index is 13.1. The molecule has 0 aliphatic rings. The van der Waals surface area contributed by atoms with E-state index >= 15 is 0 Å². The fourth-order valence-electron chi connectivity index (χ4n) is 3.26. The number of hydrogen-bond acceptors (Lipinski definition) is 6. The Kier molecular flexibility index (Phi) is 7.42. The van der Waals surface area contributed by atoms with Crippen LogP contribution in [-0.2, 0) is 14.8 Å². The summed E-state index contributed by atoms with van der Waals surface area (Å²) in [7, 11) is -3.86. The molecular formula is C25H25FN4O4S. The number of aromatic nitrogens is 3. The fourth-order valence-corrected chi connectivity index (χ4v) is 4.32. The van der Waals surface area contributed by atoms with Crippen LogP contribution < -0.4 is 9.46 Å². The third kappa shape index (κ3) is 6.03. The molecule has 1 heterocycles. The molecule has 182 valence electrons. The van der Waals surface area contributed by atoms with E-state index in [1.54, 1.807) is 28.9 Å². The Morgan fingerprint density at radius 1 is 0.943 bits per heavy atom. The summed E-state index contributed by atoms with van der Waals surface area (Å²) in [4.78, 5) is 4.51. The SMILES string of the molecule is CCOCCOc1nc(-c2ccc(C)cc2)n(-c2ccc(NS(=O)(=O)c3ccc(F)cc3)cc2)n1. The minimum Gasteiger partial charge on any atom is -0.460 e. The van der Waals surface area contributed by atoms with Crippen molar-refractivity contribution in [1.29, 1.82) is 0 Å². The average molecular weight is 497 g/mol. The number of hydrogen-bond donors (Lipinski definition) is 1. The molecule has 4 aromatic rings. The Morgan fingerprint density at radius 3 is 2.29 bits per heavy atom. The number of nitrogens with zero attached hydrogens (tertiary/aromatic N) is 3. The molecule has 0 bridgehead atoms. The molecule has 0 amide bonds. The third-order valence-electron chi connectivity index (χ3n) is 5.05. The second kappa shape index (κ2) is 10.7. The van der Waals surface area contributed by atoms with Crippen LogP contribution in [0.1, 0.15) is 12.5 Å². The number of aryl methyl sites for hydroxylation is 1. The second-order valence-electron chi connectivity index (χ2n) is 7.65. The molecule has 8 nitrogen and oxygen atoms in total. The van der Waals surface area contributed by atoms with Crippen LogP contribution in [0.15, 0.2) is 77.7 Å². The maximum Gasteiger partial charge on any atom is 0.336 e. The van der Waals surface area contributed by atoms with Crippen molar-refractivity contribution in [2.24, 2.45) is 0 Å². The molecule has 0 saturated carbocycles. The number of sulfonamides is 1. The fraction of sp³-hybridized carbons (Fsp3) is 0.200. The molecule has 0 fully saturated rings. The van der Waals surface area contributed by atoms with E-state index in [2.05, 4.69) is 14.8 Å². The zero-order valence-corrected chi connectivity index (χ0v) is 20.1. The summed E-state index contributed by atoms with van der Waals surface area (Å²) in [5.74, 6) is 0.0720. The van der Waals surface area contributed by atoms with Gasteiger partial charge in [0.15, 0.2) is 5.82 Å². The van der Waals surface area contributed by atoms with Gasteiger partial charge in [-0.2, -0.15) is 4.98 Å². The molecule has 0 aliphatic heterocycles. The van der Waals surface area contributed by atoms with E-state index in [4.69, 9.17) is 9.47 Å². The first kappa shape index (κ1) is 24.4. The Bertz CT molecular complexity index is 1370. The zero-order chi connectivity index (χ0) is 24.8. The van der Waals surface area contributed by atoms with E-state index in [1.807, 2.05) is 38.1 Å². The largest absolute Gasteiger partial charge is 0.460 e. The van der Waals surface area contributed by atoms with E-state index in [9.17, 15) is 12.8 Å². The minimum absolute atomic E-state index is 0.0326. The number of ether oxygens (including phenoxy) is 2. The maximum absolute atomic E-state index is 13.1. The summed E-state index contributed by atoms with van der Waals surface area (Å²) in [6, 6.07) is 19.4. The predicted octanol–water partition coefficient (Wildman–Crippen LogP) is 4.60. The standard InChI is InChI=1S/C25H25FN4O4S/c1-3-33-16-17-34-25-27-24(19-6-4-18(2)5-7-19)30(28-25)22-12-10-21(11-13-22)29-35(31,32)23-14-8-20(26)9-15-23/h4-15,29H,3,16-17H2,1-2H3. The Balaban J connectivity index is 1.60. The van der Waals surface area contributed by atoms with Crippen molar-refractivity contribution in [3.05, 3.63) is 84.2 Å². The van der Waals surface area contributed by atoms with Crippen molar-refractivity contribution in [2.75, 3.05) is 24.5 Å². The highest BCUT2D eigenvalue weighted by Crippen LogP contribution is 2.25. The highest BCUT2D eigenvalue weighted by Gasteiger charge is 2.17. The van der Waals surface area contributed by atoms with Crippen LogP contribution in [0.5, 0.6) is 6.01 Å². The molecule has 0 atom stereocenters.